The van der Waals surface area contributed by atoms with Gasteiger partial charge >= 0.3 is 6.18 Å². The van der Waals surface area contributed by atoms with Crippen LogP contribution in [-0.2, 0) is 0 Å². The van der Waals surface area contributed by atoms with Crippen LogP contribution in [0.2, 0.25) is 0 Å². The number of halogens is 3. The van der Waals surface area contributed by atoms with Crippen molar-refractivity contribution < 1.29 is 13.2 Å². The van der Waals surface area contributed by atoms with Gasteiger partial charge in [0.15, 0.2) is 0 Å². The first-order valence-electron chi connectivity index (χ1n) is 4.72. The highest BCUT2D eigenvalue weighted by Crippen LogP contribution is 2.38. The zero-order valence-corrected chi connectivity index (χ0v) is 8.51. The summed E-state index contributed by atoms with van der Waals surface area (Å²) in [5.74, 6) is 0.0539. The van der Waals surface area contributed by atoms with Crippen LogP contribution in [0.1, 0.15) is 12.8 Å². The molecule has 1 atom stereocenters. The van der Waals surface area contributed by atoms with Gasteiger partial charge in [-0.1, -0.05) is 0 Å². The van der Waals surface area contributed by atoms with Crippen molar-refractivity contribution in [3.8, 4) is 6.07 Å². The van der Waals surface area contributed by atoms with E-state index in [2.05, 4.69) is 0 Å². The molecule has 6 heteroatoms. The summed E-state index contributed by atoms with van der Waals surface area (Å²) in [5, 5.41) is 8.86. The molecule has 0 spiro atoms. The maximum absolute atomic E-state index is 12.0. The molecule has 1 unspecified atom stereocenters. The Kier molecular flexibility index (Phi) is 3.26. The number of nitrogens with two attached hydrogens (primary N) is 1. The van der Waals surface area contributed by atoms with Crippen LogP contribution in [0.3, 0.4) is 0 Å². The molecule has 0 radical (unpaired) electrons. The number of hydrogen-bond acceptors (Lipinski definition) is 3. The Hall–Kier alpha value is -0.800. The molecular weight excluding hydrogens is 207 g/mol. The van der Waals surface area contributed by atoms with Gasteiger partial charge < -0.3 is 5.73 Å². The van der Waals surface area contributed by atoms with Crippen molar-refractivity contribution in [2.45, 2.75) is 24.6 Å². The summed E-state index contributed by atoms with van der Waals surface area (Å²) in [6.07, 6.45) is -2.57. The van der Waals surface area contributed by atoms with Crippen LogP contribution in [0.15, 0.2) is 0 Å². The second-order valence-corrected chi connectivity index (χ2v) is 4.21. The average molecular weight is 221 g/mol. The predicted molar refractivity (Wildman–Crippen MR) is 48.8 cm³/mol. The van der Waals surface area contributed by atoms with Gasteiger partial charge in [0, 0.05) is 6.54 Å². The van der Waals surface area contributed by atoms with Crippen LogP contribution < -0.4 is 5.73 Å². The molecule has 86 valence electrons. The van der Waals surface area contributed by atoms with Gasteiger partial charge in [-0.3, -0.25) is 4.90 Å². The molecule has 1 rings (SSSR count). The lowest BCUT2D eigenvalue weighted by molar-refractivity contribution is -0.144. The van der Waals surface area contributed by atoms with Crippen molar-refractivity contribution in [3.63, 3.8) is 0 Å². The molecule has 0 bridgehead atoms. The van der Waals surface area contributed by atoms with Crippen molar-refractivity contribution in [3.05, 3.63) is 0 Å². The molecule has 0 aliphatic heterocycles. The average Bonchev–Trinajstić information content (AvgIpc) is 2.81. The topological polar surface area (TPSA) is 53.0 Å². The second-order valence-electron chi connectivity index (χ2n) is 4.21. The van der Waals surface area contributed by atoms with E-state index in [0.717, 1.165) is 17.7 Å². The molecule has 3 nitrogen and oxygen atoms in total. The summed E-state index contributed by atoms with van der Waals surface area (Å²) in [5.41, 5.74) is 4.63. The molecule has 0 amide bonds. The van der Waals surface area contributed by atoms with Crippen LogP contribution in [0, 0.1) is 17.2 Å². The van der Waals surface area contributed by atoms with E-state index < -0.39 is 18.3 Å². The summed E-state index contributed by atoms with van der Waals surface area (Å²) >= 11 is 0. The maximum atomic E-state index is 12.0. The molecule has 2 N–H and O–H groups in total. The van der Waals surface area contributed by atoms with E-state index in [1.54, 1.807) is 0 Å². The Morgan fingerprint density at radius 2 is 1.93 bits per heavy atom. The van der Waals surface area contributed by atoms with Crippen LogP contribution in [-0.4, -0.2) is 36.8 Å². The molecule has 1 fully saturated rings. The Morgan fingerprint density at radius 1 is 1.40 bits per heavy atom. The monoisotopic (exact) mass is 221 g/mol. The Bertz CT molecular complexity index is 267. The van der Waals surface area contributed by atoms with E-state index in [4.69, 9.17) is 11.0 Å². The normalized spacial score (nSPS) is 21.1. The lowest BCUT2D eigenvalue weighted by Crippen LogP contribution is -2.51. The van der Waals surface area contributed by atoms with Crippen LogP contribution in [0.5, 0.6) is 0 Å². The van der Waals surface area contributed by atoms with Gasteiger partial charge in [-0.05, 0) is 25.8 Å². The first-order chi connectivity index (χ1) is 6.77. The van der Waals surface area contributed by atoms with E-state index in [0.29, 0.717) is 0 Å². The van der Waals surface area contributed by atoms with Gasteiger partial charge in [0.2, 0.25) is 0 Å². The molecular formula is C9H14F3N3. The summed E-state index contributed by atoms with van der Waals surface area (Å²) in [4.78, 5) is 1.06. The molecule has 15 heavy (non-hydrogen) atoms. The lowest BCUT2D eigenvalue weighted by Gasteiger charge is -2.28. The van der Waals surface area contributed by atoms with E-state index in [-0.39, 0.29) is 12.5 Å². The quantitative estimate of drug-likeness (QED) is 0.773. The third-order valence-electron chi connectivity index (χ3n) is 2.49. The van der Waals surface area contributed by atoms with Crippen molar-refractivity contribution in [1.82, 2.24) is 4.90 Å². The molecule has 0 saturated heterocycles. The maximum Gasteiger partial charge on any atom is 0.401 e. The van der Waals surface area contributed by atoms with Crippen LogP contribution in [0.4, 0.5) is 13.2 Å². The van der Waals surface area contributed by atoms with Gasteiger partial charge in [-0.2, -0.15) is 18.4 Å². The smallest absolute Gasteiger partial charge is 0.312 e. The first-order valence-corrected chi connectivity index (χ1v) is 4.72. The first kappa shape index (κ1) is 12.3. The second kappa shape index (κ2) is 3.99. The Morgan fingerprint density at radius 3 is 2.27 bits per heavy atom. The predicted octanol–water partition coefficient (Wildman–Crippen LogP) is 1.11. The third kappa shape index (κ3) is 3.68. The largest absolute Gasteiger partial charge is 0.401 e. The van der Waals surface area contributed by atoms with E-state index >= 15 is 0 Å². The number of nitriles is 1. The SMILES string of the molecule is CN(CC(F)(F)F)CC(N)(C#N)C1CC1. The Balaban J connectivity index is 2.49. The minimum atomic E-state index is -4.24. The number of nitrogens with zero attached hydrogens (tertiary/aromatic N) is 2. The molecule has 1 aliphatic carbocycles. The number of likely N-dealkylation sites (N-methyl/N-ethyl adjacent to an activating group) is 1. The van der Waals surface area contributed by atoms with Crippen LogP contribution in [0.25, 0.3) is 0 Å². The molecule has 0 aromatic rings. The lowest BCUT2D eigenvalue weighted by atomic mass is 9.96. The summed E-state index contributed by atoms with van der Waals surface area (Å²) in [7, 11) is 1.33. The fourth-order valence-corrected chi connectivity index (χ4v) is 1.66. The van der Waals surface area contributed by atoms with Crippen molar-refractivity contribution in [2.24, 2.45) is 11.7 Å². The standard InChI is InChI=1S/C9H14F3N3/c1-15(6-9(10,11)12)5-8(14,4-13)7-2-3-7/h7H,2-3,5-6,14H2,1H3. The fraction of sp³-hybridized carbons (Fsp3) is 0.889. The van der Waals surface area contributed by atoms with E-state index in [9.17, 15) is 13.2 Å². The van der Waals surface area contributed by atoms with Crippen molar-refractivity contribution in [1.29, 1.82) is 5.26 Å². The molecule has 0 aromatic heterocycles. The van der Waals surface area contributed by atoms with Gasteiger partial charge in [0.25, 0.3) is 0 Å². The third-order valence-corrected chi connectivity index (χ3v) is 2.49. The molecule has 0 aromatic carbocycles. The van der Waals surface area contributed by atoms with Crippen molar-refractivity contribution in [2.75, 3.05) is 20.1 Å². The van der Waals surface area contributed by atoms with Crippen LogP contribution >= 0.6 is 0 Å². The highest BCUT2D eigenvalue weighted by atomic mass is 19.4. The molecule has 1 saturated carbocycles. The van der Waals surface area contributed by atoms with E-state index in [1.165, 1.54) is 7.05 Å². The summed E-state index contributed by atoms with van der Waals surface area (Å²) in [6, 6.07) is 1.93. The Labute approximate surface area is 86.6 Å². The van der Waals surface area contributed by atoms with Crippen molar-refractivity contribution >= 4 is 0 Å². The number of hydrogen-bond donors (Lipinski definition) is 1. The summed E-state index contributed by atoms with van der Waals surface area (Å²) < 4.78 is 36.1. The van der Waals surface area contributed by atoms with Gasteiger partial charge in [0.1, 0.15) is 5.54 Å². The minimum absolute atomic E-state index is 0.0341. The zero-order chi connectivity index (χ0) is 11.7. The zero-order valence-electron chi connectivity index (χ0n) is 8.51. The van der Waals surface area contributed by atoms with E-state index in [1.807, 2.05) is 6.07 Å². The number of rotatable bonds is 4. The molecule has 1 aliphatic rings. The highest BCUT2D eigenvalue weighted by molar-refractivity contribution is 5.14. The van der Waals surface area contributed by atoms with Gasteiger partial charge in [-0.15, -0.1) is 0 Å². The number of alkyl halides is 3. The fourth-order valence-electron chi connectivity index (χ4n) is 1.66. The molecule has 0 heterocycles. The van der Waals surface area contributed by atoms with Gasteiger partial charge in [0.05, 0.1) is 12.6 Å². The van der Waals surface area contributed by atoms with Gasteiger partial charge in [-0.25, -0.2) is 0 Å². The highest BCUT2D eigenvalue weighted by Gasteiger charge is 2.44. The summed E-state index contributed by atoms with van der Waals surface area (Å²) in [6.45, 7) is -1.06. The minimum Gasteiger partial charge on any atom is -0.312 e.